The highest BCUT2D eigenvalue weighted by Gasteiger charge is 2.19. The molecule has 2 aromatic rings. The van der Waals surface area contributed by atoms with Crippen LogP contribution in [0, 0.1) is 0 Å². The zero-order valence-corrected chi connectivity index (χ0v) is 12.8. The number of hydrogen-bond donors (Lipinski definition) is 1. The normalized spacial score (nSPS) is 16.6. The van der Waals surface area contributed by atoms with Gasteiger partial charge in [0.15, 0.2) is 0 Å². The average Bonchev–Trinajstić information content (AvgIpc) is 2.93. The summed E-state index contributed by atoms with van der Waals surface area (Å²) in [5, 5.41) is 0. The molecule has 3 rings (SSSR count). The molecule has 0 spiro atoms. The van der Waals surface area contributed by atoms with Gasteiger partial charge in [-0.2, -0.15) is 0 Å². The van der Waals surface area contributed by atoms with Crippen LogP contribution in [0.2, 0.25) is 0 Å². The lowest BCUT2D eigenvalue weighted by Gasteiger charge is -2.36. The molecular formula is C15H18BrN3O. The van der Waals surface area contributed by atoms with E-state index in [0.29, 0.717) is 0 Å². The molecule has 2 N–H and O–H groups in total. The van der Waals surface area contributed by atoms with Gasteiger partial charge in [0.05, 0.1) is 24.2 Å². The maximum absolute atomic E-state index is 6.10. The van der Waals surface area contributed by atoms with E-state index in [-0.39, 0.29) is 0 Å². The highest BCUT2D eigenvalue weighted by atomic mass is 79.9. The number of nitrogen functional groups attached to an aromatic ring is 1. The highest BCUT2D eigenvalue weighted by Crippen LogP contribution is 2.27. The summed E-state index contributed by atoms with van der Waals surface area (Å²) in [7, 11) is 0. The van der Waals surface area contributed by atoms with Gasteiger partial charge in [0.2, 0.25) is 0 Å². The van der Waals surface area contributed by atoms with Crippen LogP contribution in [0.25, 0.3) is 0 Å². The van der Waals surface area contributed by atoms with E-state index in [1.165, 1.54) is 0 Å². The summed E-state index contributed by atoms with van der Waals surface area (Å²) in [5.74, 6) is 1.03. The standard InChI is InChI=1S/C15H18BrN3O/c16-12-3-4-15(14(17)10-12)19-7-5-18(6-8-19)11-13-2-1-9-20-13/h1-4,9-10H,5-8,11,17H2. The molecule has 0 amide bonds. The van der Waals surface area contributed by atoms with E-state index in [1.54, 1.807) is 6.26 Å². The van der Waals surface area contributed by atoms with Crippen molar-refractivity contribution in [3.8, 4) is 0 Å². The van der Waals surface area contributed by atoms with Crippen LogP contribution in [0.3, 0.4) is 0 Å². The van der Waals surface area contributed by atoms with Crippen LogP contribution in [0.15, 0.2) is 45.5 Å². The van der Waals surface area contributed by atoms with Crippen LogP contribution in [-0.2, 0) is 6.54 Å². The van der Waals surface area contributed by atoms with Crippen LogP contribution in [-0.4, -0.2) is 31.1 Å². The summed E-state index contributed by atoms with van der Waals surface area (Å²) in [6, 6.07) is 10.1. The van der Waals surface area contributed by atoms with Crippen LogP contribution in [0.1, 0.15) is 5.76 Å². The molecule has 0 atom stereocenters. The van der Waals surface area contributed by atoms with Crippen molar-refractivity contribution < 1.29 is 4.42 Å². The van der Waals surface area contributed by atoms with E-state index < -0.39 is 0 Å². The van der Waals surface area contributed by atoms with Crippen molar-refractivity contribution in [1.29, 1.82) is 0 Å². The quantitative estimate of drug-likeness (QED) is 0.876. The molecule has 106 valence electrons. The highest BCUT2D eigenvalue weighted by molar-refractivity contribution is 9.10. The van der Waals surface area contributed by atoms with Crippen molar-refractivity contribution in [3.05, 3.63) is 46.8 Å². The lowest BCUT2D eigenvalue weighted by Crippen LogP contribution is -2.46. The topological polar surface area (TPSA) is 45.6 Å². The molecule has 1 aromatic carbocycles. The molecule has 1 aliphatic rings. The van der Waals surface area contributed by atoms with Crippen LogP contribution in [0.5, 0.6) is 0 Å². The molecule has 4 nitrogen and oxygen atoms in total. The maximum atomic E-state index is 6.10. The number of anilines is 2. The number of hydrogen-bond acceptors (Lipinski definition) is 4. The first-order valence-electron chi connectivity index (χ1n) is 6.77. The van der Waals surface area contributed by atoms with Crippen LogP contribution < -0.4 is 10.6 Å². The Balaban J connectivity index is 1.60. The lowest BCUT2D eigenvalue weighted by molar-refractivity contribution is 0.230. The van der Waals surface area contributed by atoms with Crippen LogP contribution in [0.4, 0.5) is 11.4 Å². The summed E-state index contributed by atoms with van der Waals surface area (Å²) in [5.41, 5.74) is 8.06. The number of furan rings is 1. The SMILES string of the molecule is Nc1cc(Br)ccc1N1CCN(Cc2ccco2)CC1. The van der Waals surface area contributed by atoms with Crippen molar-refractivity contribution in [3.63, 3.8) is 0 Å². The minimum absolute atomic E-state index is 0.832. The number of piperazine rings is 1. The summed E-state index contributed by atoms with van der Waals surface area (Å²) in [6.45, 7) is 4.92. The van der Waals surface area contributed by atoms with E-state index in [2.05, 4.69) is 31.8 Å². The molecule has 20 heavy (non-hydrogen) atoms. The number of halogens is 1. The molecule has 1 saturated heterocycles. The van der Waals surface area contributed by atoms with E-state index in [4.69, 9.17) is 10.2 Å². The minimum atomic E-state index is 0.832. The van der Waals surface area contributed by atoms with E-state index in [0.717, 1.165) is 54.3 Å². The lowest BCUT2D eigenvalue weighted by atomic mass is 10.2. The van der Waals surface area contributed by atoms with Crippen molar-refractivity contribution in [2.75, 3.05) is 36.8 Å². The van der Waals surface area contributed by atoms with Crippen molar-refractivity contribution >= 4 is 27.3 Å². The molecular weight excluding hydrogens is 318 g/mol. The zero-order chi connectivity index (χ0) is 13.9. The number of nitrogens with two attached hydrogens (primary N) is 1. The first-order valence-corrected chi connectivity index (χ1v) is 7.56. The van der Waals surface area contributed by atoms with Gasteiger partial charge < -0.3 is 15.1 Å². The van der Waals surface area contributed by atoms with Gasteiger partial charge in [0, 0.05) is 30.7 Å². The number of rotatable bonds is 3. The van der Waals surface area contributed by atoms with Gasteiger partial charge in [0.25, 0.3) is 0 Å². The molecule has 1 aromatic heterocycles. The predicted octanol–water partition coefficient (Wildman–Crippen LogP) is 2.95. The summed E-state index contributed by atoms with van der Waals surface area (Å²) in [6.07, 6.45) is 1.73. The fraction of sp³-hybridized carbons (Fsp3) is 0.333. The molecule has 0 radical (unpaired) electrons. The Labute approximate surface area is 127 Å². The summed E-state index contributed by atoms with van der Waals surface area (Å²) >= 11 is 3.45. The Kier molecular flexibility index (Phi) is 3.98. The molecule has 0 bridgehead atoms. The second-order valence-electron chi connectivity index (χ2n) is 5.05. The summed E-state index contributed by atoms with van der Waals surface area (Å²) < 4.78 is 6.42. The average molecular weight is 336 g/mol. The van der Waals surface area contributed by atoms with Gasteiger partial charge in [-0.1, -0.05) is 15.9 Å². The molecule has 0 saturated carbocycles. The fourth-order valence-electron chi connectivity index (χ4n) is 2.58. The third-order valence-electron chi connectivity index (χ3n) is 3.66. The van der Waals surface area contributed by atoms with E-state index in [9.17, 15) is 0 Å². The van der Waals surface area contributed by atoms with Crippen molar-refractivity contribution in [2.45, 2.75) is 6.54 Å². The Morgan fingerprint density at radius 3 is 2.60 bits per heavy atom. The Morgan fingerprint density at radius 2 is 1.95 bits per heavy atom. The Bertz CT molecular complexity index is 563. The van der Waals surface area contributed by atoms with E-state index >= 15 is 0 Å². The van der Waals surface area contributed by atoms with Crippen LogP contribution >= 0.6 is 15.9 Å². The molecule has 2 heterocycles. The van der Waals surface area contributed by atoms with Gasteiger partial charge in [-0.3, -0.25) is 4.90 Å². The first-order chi connectivity index (χ1) is 9.72. The van der Waals surface area contributed by atoms with Gasteiger partial charge >= 0.3 is 0 Å². The molecule has 0 unspecified atom stereocenters. The molecule has 0 aliphatic carbocycles. The molecule has 1 aliphatic heterocycles. The smallest absolute Gasteiger partial charge is 0.117 e. The van der Waals surface area contributed by atoms with Crippen molar-refractivity contribution in [2.24, 2.45) is 0 Å². The maximum Gasteiger partial charge on any atom is 0.117 e. The largest absolute Gasteiger partial charge is 0.468 e. The zero-order valence-electron chi connectivity index (χ0n) is 11.3. The van der Waals surface area contributed by atoms with Gasteiger partial charge in [-0.05, 0) is 30.3 Å². The first kappa shape index (κ1) is 13.5. The van der Waals surface area contributed by atoms with Gasteiger partial charge in [-0.15, -0.1) is 0 Å². The monoisotopic (exact) mass is 335 g/mol. The fourth-order valence-corrected chi connectivity index (χ4v) is 2.96. The third-order valence-corrected chi connectivity index (χ3v) is 4.16. The van der Waals surface area contributed by atoms with E-state index in [1.807, 2.05) is 24.3 Å². The van der Waals surface area contributed by atoms with Gasteiger partial charge in [-0.25, -0.2) is 0 Å². The Hall–Kier alpha value is -1.46. The number of nitrogens with zero attached hydrogens (tertiary/aromatic N) is 2. The minimum Gasteiger partial charge on any atom is -0.468 e. The molecule has 5 heteroatoms. The second-order valence-corrected chi connectivity index (χ2v) is 5.96. The summed E-state index contributed by atoms with van der Waals surface area (Å²) in [4.78, 5) is 4.75. The van der Waals surface area contributed by atoms with Gasteiger partial charge in [0.1, 0.15) is 5.76 Å². The third kappa shape index (κ3) is 2.99. The predicted molar refractivity (Wildman–Crippen MR) is 84.8 cm³/mol. The number of benzene rings is 1. The molecule has 1 fully saturated rings. The van der Waals surface area contributed by atoms with Crippen molar-refractivity contribution in [1.82, 2.24) is 4.90 Å². The Morgan fingerprint density at radius 1 is 1.15 bits per heavy atom. The second kappa shape index (κ2) is 5.89.